The maximum absolute atomic E-state index is 4.27. The maximum atomic E-state index is 4.27. The second-order valence-corrected chi connectivity index (χ2v) is 7.52. The Bertz CT molecular complexity index is 659. The van der Waals surface area contributed by atoms with Crippen LogP contribution in [0, 0.1) is 0 Å². The largest absolute Gasteiger partial charge is 0.311 e. The van der Waals surface area contributed by atoms with Gasteiger partial charge in [0.25, 0.3) is 0 Å². The lowest BCUT2D eigenvalue weighted by molar-refractivity contribution is 0.0724. The summed E-state index contributed by atoms with van der Waals surface area (Å²) < 4.78 is 1.88. The minimum atomic E-state index is 0.256. The number of piperidine rings is 1. The van der Waals surface area contributed by atoms with Gasteiger partial charge in [-0.2, -0.15) is 5.10 Å². The number of nitrogens with one attached hydrogen (secondary N) is 1. The molecule has 0 radical (unpaired) electrons. The molecule has 4 heteroatoms. The lowest BCUT2D eigenvalue weighted by atomic mass is 9.90. The number of nitrogens with zero attached hydrogens (tertiary/aromatic N) is 3. The predicted octanol–water partition coefficient (Wildman–Crippen LogP) is 2.53. The fourth-order valence-corrected chi connectivity index (χ4v) is 4.51. The number of benzene rings is 1. The highest BCUT2D eigenvalue weighted by molar-refractivity contribution is 5.37. The summed E-state index contributed by atoms with van der Waals surface area (Å²) in [6.07, 6.45) is 10.5. The topological polar surface area (TPSA) is 33.1 Å². The van der Waals surface area contributed by atoms with Gasteiger partial charge in [-0.15, -0.1) is 0 Å². The van der Waals surface area contributed by atoms with Crippen LogP contribution in [-0.4, -0.2) is 39.9 Å². The second kappa shape index (κ2) is 6.69. The molecule has 1 aliphatic carbocycles. The van der Waals surface area contributed by atoms with Crippen LogP contribution in [0.5, 0.6) is 0 Å². The first-order chi connectivity index (χ1) is 11.8. The van der Waals surface area contributed by atoms with Crippen molar-refractivity contribution in [2.75, 3.05) is 19.6 Å². The average molecular weight is 324 g/mol. The first kappa shape index (κ1) is 15.9. The molecule has 1 saturated heterocycles. The third-order valence-electron chi connectivity index (χ3n) is 5.73. The maximum Gasteiger partial charge on any atom is 0.0534 e. The van der Waals surface area contributed by atoms with Crippen molar-refractivity contribution >= 4 is 0 Å². The molecule has 1 aliphatic heterocycles. The molecule has 24 heavy (non-hydrogen) atoms. The standard InChI is InChI=1S/C20H28N4/c1-23-15-17(14-22-23)13-21-16-20(24-9-5-2-6-10-24)11-18-7-3-4-8-19(18)12-20/h3-4,7-8,14-15,21H,2,5-6,9-13,16H2,1H3. The zero-order valence-corrected chi connectivity index (χ0v) is 14.7. The molecule has 4 nitrogen and oxygen atoms in total. The Hall–Kier alpha value is -1.65. The van der Waals surface area contributed by atoms with Gasteiger partial charge in [-0.1, -0.05) is 30.7 Å². The van der Waals surface area contributed by atoms with Gasteiger partial charge in [-0.05, 0) is 49.9 Å². The molecule has 2 aromatic rings. The Labute approximate surface area is 144 Å². The van der Waals surface area contributed by atoms with E-state index in [9.17, 15) is 0 Å². The summed E-state index contributed by atoms with van der Waals surface area (Å²) in [7, 11) is 1.98. The molecular weight excluding hydrogens is 296 g/mol. The Morgan fingerprint density at radius 1 is 1.08 bits per heavy atom. The number of rotatable bonds is 5. The molecule has 1 aromatic carbocycles. The lowest BCUT2D eigenvalue weighted by Crippen LogP contribution is -2.57. The molecule has 0 unspecified atom stereocenters. The third-order valence-corrected chi connectivity index (χ3v) is 5.73. The predicted molar refractivity (Wildman–Crippen MR) is 96.9 cm³/mol. The molecular formula is C20H28N4. The number of hydrogen-bond donors (Lipinski definition) is 1. The number of hydrogen-bond acceptors (Lipinski definition) is 3. The average Bonchev–Trinajstić information content (AvgIpc) is 3.19. The van der Waals surface area contributed by atoms with E-state index in [1.807, 2.05) is 17.9 Å². The van der Waals surface area contributed by atoms with E-state index in [2.05, 4.69) is 45.8 Å². The van der Waals surface area contributed by atoms with Crippen molar-refractivity contribution in [2.24, 2.45) is 7.05 Å². The zero-order chi connectivity index (χ0) is 16.4. The Kier molecular flexibility index (Phi) is 4.42. The van der Waals surface area contributed by atoms with Crippen molar-refractivity contribution in [2.45, 2.75) is 44.2 Å². The van der Waals surface area contributed by atoms with Crippen LogP contribution in [0.1, 0.15) is 36.0 Å². The highest BCUT2D eigenvalue weighted by atomic mass is 15.2. The molecule has 0 spiro atoms. The van der Waals surface area contributed by atoms with E-state index in [1.165, 1.54) is 50.8 Å². The van der Waals surface area contributed by atoms with Crippen LogP contribution in [0.15, 0.2) is 36.7 Å². The third kappa shape index (κ3) is 3.13. The summed E-state index contributed by atoms with van der Waals surface area (Å²) >= 11 is 0. The van der Waals surface area contributed by atoms with Gasteiger partial charge in [-0.25, -0.2) is 0 Å². The van der Waals surface area contributed by atoms with Gasteiger partial charge < -0.3 is 5.32 Å². The molecule has 0 bridgehead atoms. The Morgan fingerprint density at radius 3 is 2.42 bits per heavy atom. The highest BCUT2D eigenvalue weighted by Crippen LogP contribution is 2.36. The van der Waals surface area contributed by atoms with Crippen LogP contribution in [0.25, 0.3) is 0 Å². The molecule has 1 aromatic heterocycles. The van der Waals surface area contributed by atoms with Crippen LogP contribution >= 0.6 is 0 Å². The van der Waals surface area contributed by atoms with E-state index in [4.69, 9.17) is 0 Å². The van der Waals surface area contributed by atoms with Gasteiger partial charge in [0.1, 0.15) is 0 Å². The Balaban J connectivity index is 1.49. The summed E-state index contributed by atoms with van der Waals surface area (Å²) in [5.41, 5.74) is 4.62. The minimum Gasteiger partial charge on any atom is -0.311 e. The van der Waals surface area contributed by atoms with Crippen molar-refractivity contribution in [1.29, 1.82) is 0 Å². The number of fused-ring (bicyclic) bond motifs is 1. The molecule has 2 aliphatic rings. The first-order valence-electron chi connectivity index (χ1n) is 9.25. The van der Waals surface area contributed by atoms with Crippen molar-refractivity contribution in [3.8, 4) is 0 Å². The van der Waals surface area contributed by atoms with E-state index < -0.39 is 0 Å². The molecule has 4 rings (SSSR count). The molecule has 0 saturated carbocycles. The van der Waals surface area contributed by atoms with E-state index in [0.29, 0.717) is 0 Å². The van der Waals surface area contributed by atoms with Gasteiger partial charge in [0.2, 0.25) is 0 Å². The van der Waals surface area contributed by atoms with Crippen LogP contribution in [-0.2, 0) is 26.4 Å². The van der Waals surface area contributed by atoms with Gasteiger partial charge in [0.05, 0.1) is 6.20 Å². The van der Waals surface area contributed by atoms with Gasteiger partial charge in [0, 0.05) is 37.4 Å². The number of aryl methyl sites for hydroxylation is 1. The van der Waals surface area contributed by atoms with E-state index in [1.54, 1.807) is 11.1 Å². The van der Waals surface area contributed by atoms with Crippen LogP contribution in [0.4, 0.5) is 0 Å². The first-order valence-corrected chi connectivity index (χ1v) is 9.25. The van der Waals surface area contributed by atoms with E-state index in [0.717, 1.165) is 13.1 Å². The summed E-state index contributed by atoms with van der Waals surface area (Å²) in [5.74, 6) is 0. The van der Waals surface area contributed by atoms with Crippen molar-refractivity contribution in [3.63, 3.8) is 0 Å². The van der Waals surface area contributed by atoms with Gasteiger partial charge in [0.15, 0.2) is 0 Å². The quantitative estimate of drug-likeness (QED) is 0.917. The lowest BCUT2D eigenvalue weighted by Gasteiger charge is -2.44. The van der Waals surface area contributed by atoms with E-state index >= 15 is 0 Å². The molecule has 2 heterocycles. The summed E-state index contributed by atoms with van der Waals surface area (Å²) in [4.78, 5) is 2.77. The van der Waals surface area contributed by atoms with Crippen molar-refractivity contribution in [1.82, 2.24) is 20.0 Å². The molecule has 128 valence electrons. The van der Waals surface area contributed by atoms with Crippen LogP contribution in [0.3, 0.4) is 0 Å². The fourth-order valence-electron chi connectivity index (χ4n) is 4.51. The number of aromatic nitrogens is 2. The van der Waals surface area contributed by atoms with Gasteiger partial charge >= 0.3 is 0 Å². The normalized spacial score (nSPS) is 20.2. The minimum absolute atomic E-state index is 0.256. The van der Waals surface area contributed by atoms with Crippen LogP contribution in [0.2, 0.25) is 0 Å². The molecule has 0 amide bonds. The van der Waals surface area contributed by atoms with Crippen LogP contribution < -0.4 is 5.32 Å². The molecule has 0 atom stereocenters. The summed E-state index contributed by atoms with van der Waals surface area (Å²) in [6, 6.07) is 9.02. The molecule has 1 fully saturated rings. The zero-order valence-electron chi connectivity index (χ0n) is 14.7. The second-order valence-electron chi connectivity index (χ2n) is 7.52. The van der Waals surface area contributed by atoms with E-state index in [-0.39, 0.29) is 5.54 Å². The smallest absolute Gasteiger partial charge is 0.0534 e. The summed E-state index contributed by atoms with van der Waals surface area (Å²) in [5, 5.41) is 8.01. The van der Waals surface area contributed by atoms with Crippen molar-refractivity contribution in [3.05, 3.63) is 53.3 Å². The fraction of sp³-hybridized carbons (Fsp3) is 0.550. The SMILES string of the molecule is Cn1cc(CNCC2(N3CCCCC3)Cc3ccccc3C2)cn1. The molecule has 1 N–H and O–H groups in total. The monoisotopic (exact) mass is 324 g/mol. The highest BCUT2D eigenvalue weighted by Gasteiger charge is 2.42. The Morgan fingerprint density at radius 2 is 1.79 bits per heavy atom. The summed E-state index contributed by atoms with van der Waals surface area (Å²) in [6.45, 7) is 4.46. The van der Waals surface area contributed by atoms with Gasteiger partial charge in [-0.3, -0.25) is 9.58 Å². The van der Waals surface area contributed by atoms with Crippen molar-refractivity contribution < 1.29 is 0 Å². The number of likely N-dealkylation sites (tertiary alicyclic amines) is 1.